The van der Waals surface area contributed by atoms with Crippen molar-refractivity contribution in [3.05, 3.63) is 11.4 Å². The highest BCUT2D eigenvalue weighted by Gasteiger charge is 2.06. The SMILES string of the molecule is CCCCCSc1nc(N)c2ccsc2n1. The van der Waals surface area contributed by atoms with E-state index in [1.807, 2.05) is 11.4 Å². The van der Waals surface area contributed by atoms with E-state index in [-0.39, 0.29) is 0 Å². The van der Waals surface area contributed by atoms with Crippen molar-refractivity contribution >= 4 is 39.1 Å². The van der Waals surface area contributed by atoms with E-state index in [4.69, 9.17) is 5.73 Å². The van der Waals surface area contributed by atoms with Crippen LogP contribution in [0, 0.1) is 0 Å². The van der Waals surface area contributed by atoms with Crippen LogP contribution in [0.2, 0.25) is 0 Å². The highest BCUT2D eigenvalue weighted by Crippen LogP contribution is 2.26. The van der Waals surface area contributed by atoms with E-state index >= 15 is 0 Å². The number of nitrogens with zero attached hydrogens (tertiary/aromatic N) is 2. The predicted molar refractivity (Wildman–Crippen MR) is 72.1 cm³/mol. The molecule has 2 aromatic heterocycles. The molecule has 86 valence electrons. The number of thiophene rings is 1. The van der Waals surface area contributed by atoms with Crippen molar-refractivity contribution in [2.45, 2.75) is 31.3 Å². The third-order valence-electron chi connectivity index (χ3n) is 2.31. The topological polar surface area (TPSA) is 51.8 Å². The van der Waals surface area contributed by atoms with Crippen molar-refractivity contribution in [2.75, 3.05) is 11.5 Å². The minimum atomic E-state index is 0.601. The number of aromatic nitrogens is 2. The predicted octanol–water partition coefficient (Wildman–Crippen LogP) is 3.56. The van der Waals surface area contributed by atoms with Crippen molar-refractivity contribution in [3.8, 4) is 0 Å². The van der Waals surface area contributed by atoms with E-state index in [0.29, 0.717) is 5.82 Å². The van der Waals surface area contributed by atoms with Crippen LogP contribution in [0.3, 0.4) is 0 Å². The molecule has 5 heteroatoms. The van der Waals surface area contributed by atoms with Gasteiger partial charge >= 0.3 is 0 Å². The number of unbranched alkanes of at least 4 members (excludes halogenated alkanes) is 2. The van der Waals surface area contributed by atoms with E-state index in [2.05, 4.69) is 16.9 Å². The largest absolute Gasteiger partial charge is 0.383 e. The molecular weight excluding hydrogens is 238 g/mol. The van der Waals surface area contributed by atoms with Crippen molar-refractivity contribution in [1.29, 1.82) is 0 Å². The molecule has 0 aliphatic heterocycles. The zero-order valence-electron chi connectivity index (χ0n) is 9.27. The summed E-state index contributed by atoms with van der Waals surface area (Å²) in [5.74, 6) is 1.67. The molecule has 0 unspecified atom stereocenters. The second-order valence-electron chi connectivity index (χ2n) is 3.59. The van der Waals surface area contributed by atoms with Gasteiger partial charge in [0.05, 0.1) is 5.39 Å². The van der Waals surface area contributed by atoms with E-state index in [0.717, 1.165) is 21.1 Å². The van der Waals surface area contributed by atoms with E-state index in [9.17, 15) is 0 Å². The fourth-order valence-corrected chi connectivity index (χ4v) is 3.12. The Morgan fingerprint density at radius 3 is 3.06 bits per heavy atom. The van der Waals surface area contributed by atoms with Crippen LogP contribution in [0.4, 0.5) is 5.82 Å². The number of anilines is 1. The van der Waals surface area contributed by atoms with Gasteiger partial charge in [-0.1, -0.05) is 31.5 Å². The second kappa shape index (κ2) is 5.50. The normalized spacial score (nSPS) is 11.1. The minimum absolute atomic E-state index is 0.601. The molecule has 0 atom stereocenters. The standard InChI is InChI=1S/C11H15N3S2/c1-2-3-4-6-16-11-13-9(12)8-5-7-15-10(8)14-11/h5,7H,2-4,6H2,1H3,(H2,12,13,14). The molecule has 0 spiro atoms. The number of thioether (sulfide) groups is 1. The summed E-state index contributed by atoms with van der Waals surface area (Å²) < 4.78 is 0. The Bertz CT molecular complexity index is 467. The average molecular weight is 253 g/mol. The number of hydrogen-bond donors (Lipinski definition) is 1. The Kier molecular flexibility index (Phi) is 4.01. The van der Waals surface area contributed by atoms with Crippen LogP contribution in [-0.2, 0) is 0 Å². The van der Waals surface area contributed by atoms with Gasteiger partial charge in [-0.25, -0.2) is 9.97 Å². The highest BCUT2D eigenvalue weighted by atomic mass is 32.2. The smallest absolute Gasteiger partial charge is 0.190 e. The number of nitrogens with two attached hydrogens (primary N) is 1. The fraction of sp³-hybridized carbons (Fsp3) is 0.455. The molecule has 2 N–H and O–H groups in total. The van der Waals surface area contributed by atoms with Gasteiger partial charge in [-0.15, -0.1) is 11.3 Å². The summed E-state index contributed by atoms with van der Waals surface area (Å²) in [4.78, 5) is 9.78. The van der Waals surface area contributed by atoms with Gasteiger partial charge in [-0.2, -0.15) is 0 Å². The Morgan fingerprint density at radius 1 is 1.38 bits per heavy atom. The molecular formula is C11H15N3S2. The molecule has 0 saturated heterocycles. The van der Waals surface area contributed by atoms with Crippen LogP contribution < -0.4 is 5.73 Å². The molecule has 0 aliphatic carbocycles. The first-order valence-electron chi connectivity index (χ1n) is 5.44. The van der Waals surface area contributed by atoms with E-state index < -0.39 is 0 Å². The fourth-order valence-electron chi connectivity index (χ4n) is 1.44. The molecule has 16 heavy (non-hydrogen) atoms. The van der Waals surface area contributed by atoms with Crippen LogP contribution in [-0.4, -0.2) is 15.7 Å². The Balaban J connectivity index is 2.06. The van der Waals surface area contributed by atoms with Crippen molar-refractivity contribution in [3.63, 3.8) is 0 Å². The number of nitrogen functional groups attached to an aromatic ring is 1. The molecule has 0 aliphatic rings. The summed E-state index contributed by atoms with van der Waals surface area (Å²) in [6.07, 6.45) is 3.73. The number of hydrogen-bond acceptors (Lipinski definition) is 5. The van der Waals surface area contributed by atoms with Gasteiger partial charge in [-0.05, 0) is 17.9 Å². The van der Waals surface area contributed by atoms with Gasteiger partial charge in [0.2, 0.25) is 0 Å². The van der Waals surface area contributed by atoms with Gasteiger partial charge in [-0.3, -0.25) is 0 Å². The quantitative estimate of drug-likeness (QED) is 0.503. The van der Waals surface area contributed by atoms with Crippen molar-refractivity contribution in [2.24, 2.45) is 0 Å². The van der Waals surface area contributed by atoms with Gasteiger partial charge in [0.1, 0.15) is 10.6 Å². The summed E-state index contributed by atoms with van der Waals surface area (Å²) in [5, 5.41) is 3.78. The zero-order chi connectivity index (χ0) is 11.4. The maximum Gasteiger partial charge on any atom is 0.190 e. The molecule has 2 heterocycles. The summed E-state index contributed by atoms with van der Waals surface area (Å²) in [7, 11) is 0. The molecule has 0 bridgehead atoms. The summed E-state index contributed by atoms with van der Waals surface area (Å²) in [6, 6.07) is 1.97. The molecule has 0 aromatic carbocycles. The molecule has 2 aromatic rings. The van der Waals surface area contributed by atoms with E-state index in [1.54, 1.807) is 23.1 Å². The van der Waals surface area contributed by atoms with Crippen LogP contribution in [0.5, 0.6) is 0 Å². The lowest BCUT2D eigenvalue weighted by molar-refractivity contribution is 0.777. The van der Waals surface area contributed by atoms with Crippen LogP contribution in [0.15, 0.2) is 16.6 Å². The average Bonchev–Trinajstić information content (AvgIpc) is 2.73. The maximum absolute atomic E-state index is 5.87. The second-order valence-corrected chi connectivity index (χ2v) is 5.54. The van der Waals surface area contributed by atoms with E-state index in [1.165, 1.54) is 19.3 Å². The molecule has 0 saturated carbocycles. The lowest BCUT2D eigenvalue weighted by atomic mass is 10.3. The van der Waals surface area contributed by atoms with Crippen molar-refractivity contribution < 1.29 is 0 Å². The maximum atomic E-state index is 5.87. The lowest BCUT2D eigenvalue weighted by Crippen LogP contribution is -1.95. The summed E-state index contributed by atoms with van der Waals surface area (Å²) >= 11 is 3.31. The Morgan fingerprint density at radius 2 is 2.25 bits per heavy atom. The molecule has 0 amide bonds. The first kappa shape index (κ1) is 11.7. The first-order valence-corrected chi connectivity index (χ1v) is 7.31. The van der Waals surface area contributed by atoms with Gasteiger partial charge in [0.15, 0.2) is 5.16 Å². The minimum Gasteiger partial charge on any atom is -0.383 e. The molecule has 2 rings (SSSR count). The van der Waals surface area contributed by atoms with Crippen LogP contribution in [0.1, 0.15) is 26.2 Å². The third-order valence-corrected chi connectivity index (χ3v) is 4.05. The van der Waals surface area contributed by atoms with Gasteiger partial charge in [0.25, 0.3) is 0 Å². The number of fused-ring (bicyclic) bond motifs is 1. The van der Waals surface area contributed by atoms with Gasteiger partial charge < -0.3 is 5.73 Å². The van der Waals surface area contributed by atoms with Crippen molar-refractivity contribution in [1.82, 2.24) is 9.97 Å². The third kappa shape index (κ3) is 2.65. The highest BCUT2D eigenvalue weighted by molar-refractivity contribution is 7.99. The van der Waals surface area contributed by atoms with Gasteiger partial charge in [0, 0.05) is 5.75 Å². The Hall–Kier alpha value is -0.810. The summed E-state index contributed by atoms with van der Waals surface area (Å²) in [6.45, 7) is 2.21. The first-order chi connectivity index (χ1) is 7.81. The number of rotatable bonds is 5. The van der Waals surface area contributed by atoms with Crippen LogP contribution >= 0.6 is 23.1 Å². The molecule has 0 radical (unpaired) electrons. The molecule has 3 nitrogen and oxygen atoms in total. The lowest BCUT2D eigenvalue weighted by Gasteiger charge is -2.01. The molecule has 0 fully saturated rings. The monoisotopic (exact) mass is 253 g/mol. The Labute approximate surface area is 103 Å². The van der Waals surface area contributed by atoms with Crippen LogP contribution in [0.25, 0.3) is 10.2 Å². The zero-order valence-corrected chi connectivity index (χ0v) is 10.9. The summed E-state index contributed by atoms with van der Waals surface area (Å²) in [5.41, 5.74) is 5.87.